The maximum Gasteiger partial charge on any atom is 0.244 e. The average Bonchev–Trinajstić information content (AvgIpc) is 3.12. The topological polar surface area (TPSA) is 116 Å². The number of ether oxygens (including phenoxy) is 1. The van der Waals surface area contributed by atoms with Gasteiger partial charge in [0.25, 0.3) is 0 Å². The summed E-state index contributed by atoms with van der Waals surface area (Å²) >= 11 is 0. The van der Waals surface area contributed by atoms with Crippen molar-refractivity contribution in [2.24, 2.45) is 10.9 Å². The van der Waals surface area contributed by atoms with Crippen LogP contribution in [0, 0.1) is 18.7 Å². The van der Waals surface area contributed by atoms with Gasteiger partial charge >= 0.3 is 0 Å². The number of carbonyl (C=O) groups excluding carboxylic acids is 2. The van der Waals surface area contributed by atoms with E-state index in [0.29, 0.717) is 37.6 Å². The van der Waals surface area contributed by atoms with E-state index in [2.05, 4.69) is 79.0 Å². The number of hydrogen-bond acceptors (Lipinski definition) is 6. The molecule has 1 aliphatic rings. The number of nitrogens with zero attached hydrogens (tertiary/aromatic N) is 1. The molecule has 2 rings (SSSR count). The van der Waals surface area contributed by atoms with Gasteiger partial charge in [0, 0.05) is 31.0 Å². The second kappa shape index (κ2) is 35.9. The molecule has 0 spiro atoms. The molecule has 5 N–H and O–H groups in total. The summed E-state index contributed by atoms with van der Waals surface area (Å²) in [5, 5.41) is 15.1. The zero-order chi connectivity index (χ0) is 41.0. The smallest absolute Gasteiger partial charge is 0.244 e. The lowest BCUT2D eigenvalue weighted by Crippen LogP contribution is -2.51. The molecule has 0 fully saturated rings. The molecule has 0 radical (unpaired) electrons. The van der Waals surface area contributed by atoms with Crippen molar-refractivity contribution >= 4 is 17.6 Å². The third-order valence-electron chi connectivity index (χ3n) is 6.39. The molecule has 0 saturated carbocycles. The molecule has 2 unspecified atom stereocenters. The highest BCUT2D eigenvalue weighted by atomic mass is 19.1. The second-order valence-electron chi connectivity index (χ2n) is 12.2. The number of allylic oxidation sites excluding steroid dienone is 6. The Labute approximate surface area is 322 Å². The van der Waals surface area contributed by atoms with Gasteiger partial charge < -0.3 is 31.3 Å². The Bertz CT molecular complexity index is 1270. The fraction of sp³-hybridized carbons (Fsp3) is 0.512. The molecule has 10 heteroatoms. The minimum Gasteiger partial charge on any atom is -0.492 e. The Kier molecular flexibility index (Phi) is 35.9. The van der Waals surface area contributed by atoms with Crippen LogP contribution >= 0.6 is 0 Å². The Balaban J connectivity index is -0.00000129. The molecule has 9 nitrogen and oxygen atoms in total. The first-order valence-electron chi connectivity index (χ1n) is 18.9. The van der Waals surface area contributed by atoms with Crippen LogP contribution in [0.4, 0.5) is 4.39 Å². The highest BCUT2D eigenvalue weighted by Crippen LogP contribution is 2.19. The van der Waals surface area contributed by atoms with Gasteiger partial charge in [-0.3, -0.25) is 14.6 Å². The lowest BCUT2D eigenvalue weighted by Gasteiger charge is -2.22. The van der Waals surface area contributed by atoms with Gasteiger partial charge in [-0.15, -0.1) is 0 Å². The zero-order valence-corrected chi connectivity index (χ0v) is 34.8. The Morgan fingerprint density at radius 2 is 1.72 bits per heavy atom. The van der Waals surface area contributed by atoms with Crippen molar-refractivity contribution in [3.8, 4) is 0 Å². The molecular formula is C43H73FN6O3. The van der Waals surface area contributed by atoms with Crippen molar-refractivity contribution < 1.29 is 18.7 Å². The number of nitrogens with one attached hydrogen (secondary N) is 5. The summed E-state index contributed by atoms with van der Waals surface area (Å²) in [5.74, 6) is 0.680. The Hall–Kier alpha value is -4.44. The number of benzene rings is 1. The summed E-state index contributed by atoms with van der Waals surface area (Å²) in [5.41, 5.74) is 2.58. The highest BCUT2D eigenvalue weighted by molar-refractivity contribution is 5.89. The fourth-order valence-electron chi connectivity index (χ4n) is 3.92. The molecule has 2 amide bonds. The summed E-state index contributed by atoms with van der Waals surface area (Å²) in [6.07, 6.45) is 13.9. The van der Waals surface area contributed by atoms with E-state index in [4.69, 9.17) is 4.74 Å². The predicted octanol–water partition coefficient (Wildman–Crippen LogP) is 8.44. The maximum atomic E-state index is 13.0. The summed E-state index contributed by atoms with van der Waals surface area (Å²) in [7, 11) is 0. The zero-order valence-electron chi connectivity index (χ0n) is 34.8. The number of rotatable bonds is 6. The number of aliphatic imine (C=N–C) groups is 1. The van der Waals surface area contributed by atoms with Crippen molar-refractivity contribution in [3.05, 3.63) is 109 Å². The summed E-state index contributed by atoms with van der Waals surface area (Å²) in [6, 6.07) is 5.72. The van der Waals surface area contributed by atoms with Crippen LogP contribution in [0.25, 0.3) is 0 Å². The van der Waals surface area contributed by atoms with Crippen molar-refractivity contribution in [2.45, 2.75) is 108 Å². The number of halogens is 1. The Morgan fingerprint density at radius 1 is 1.08 bits per heavy atom. The van der Waals surface area contributed by atoms with E-state index in [-0.39, 0.29) is 42.7 Å². The van der Waals surface area contributed by atoms with Crippen LogP contribution in [0.5, 0.6) is 0 Å². The quantitative estimate of drug-likeness (QED) is 0.114. The van der Waals surface area contributed by atoms with Crippen molar-refractivity contribution in [3.63, 3.8) is 0 Å². The van der Waals surface area contributed by atoms with E-state index < -0.39 is 6.04 Å². The summed E-state index contributed by atoms with van der Waals surface area (Å²) in [6.45, 7) is 35.1. The summed E-state index contributed by atoms with van der Waals surface area (Å²) < 4.78 is 18.3. The molecule has 3 atom stereocenters. The molecule has 300 valence electrons. The van der Waals surface area contributed by atoms with Crippen molar-refractivity contribution in [1.29, 1.82) is 0 Å². The first kappa shape index (κ1) is 52.9. The van der Waals surface area contributed by atoms with Crippen LogP contribution < -0.4 is 26.6 Å². The van der Waals surface area contributed by atoms with Gasteiger partial charge in [0.05, 0.1) is 18.9 Å². The minimum atomic E-state index is -0.830. The van der Waals surface area contributed by atoms with Gasteiger partial charge in [0.1, 0.15) is 24.2 Å². The number of hydrogen-bond donors (Lipinski definition) is 5. The van der Waals surface area contributed by atoms with E-state index in [0.717, 1.165) is 16.9 Å². The molecule has 53 heavy (non-hydrogen) atoms. The first-order valence-corrected chi connectivity index (χ1v) is 18.9. The molecule has 0 saturated heterocycles. The van der Waals surface area contributed by atoms with Crippen molar-refractivity contribution in [2.75, 3.05) is 32.8 Å². The van der Waals surface area contributed by atoms with Crippen molar-refractivity contribution in [1.82, 2.24) is 26.6 Å². The average molecular weight is 741 g/mol. The van der Waals surface area contributed by atoms with E-state index in [1.807, 2.05) is 59.8 Å². The molecule has 0 aliphatic carbocycles. The molecule has 0 aromatic heterocycles. The minimum absolute atomic E-state index is 0.00846. The lowest BCUT2D eigenvalue weighted by atomic mass is 9.99. The van der Waals surface area contributed by atoms with E-state index in [1.165, 1.54) is 25.0 Å². The van der Waals surface area contributed by atoms with Gasteiger partial charge in [0.15, 0.2) is 0 Å². The molecule has 1 aromatic carbocycles. The number of aryl methyl sites for hydroxylation is 1. The maximum absolute atomic E-state index is 13.0. The number of carbonyl (C=O) groups is 2. The van der Waals surface area contributed by atoms with Crippen LogP contribution in [-0.2, 0) is 14.3 Å². The van der Waals surface area contributed by atoms with Gasteiger partial charge in [-0.1, -0.05) is 111 Å². The third kappa shape index (κ3) is 30.9. The van der Waals surface area contributed by atoms with Crippen LogP contribution in [0.3, 0.4) is 0 Å². The van der Waals surface area contributed by atoms with E-state index >= 15 is 0 Å². The normalized spacial score (nSPS) is 20.3. The molecule has 1 heterocycles. The van der Waals surface area contributed by atoms with Crippen LogP contribution in [0.2, 0.25) is 0 Å². The van der Waals surface area contributed by atoms with E-state index in [9.17, 15) is 14.0 Å². The van der Waals surface area contributed by atoms with Gasteiger partial charge in [-0.2, -0.15) is 0 Å². The largest absolute Gasteiger partial charge is 0.492 e. The Morgan fingerprint density at radius 3 is 2.25 bits per heavy atom. The number of amidine groups is 1. The molecular weight excluding hydrogens is 668 g/mol. The predicted molar refractivity (Wildman–Crippen MR) is 226 cm³/mol. The van der Waals surface area contributed by atoms with Crippen LogP contribution in [0.15, 0.2) is 103 Å². The standard InChI is InChI=1S/C28H44N6O3.C7H7F.2C3H8.C2H6/c1-8-11-13-29-23(7)32-17-25-28(36)33-15-20(4)14-24(10-3)26(12-9-2)37-19-22(6)30-16-21(5)31-18-27(35)34-25;1-6-3-2-4-7(8)5-6;2*1-3-2;1-2/h8-13,20,22,25,30-31H,1,3,5,14-19H2,2,4,6-7H3,(H,29,32)(H,33,36)(H,34,35);2-5H,1H3;2*3H2,1-2H3;1-2H3/b12-9-,13-11-,26-24-;;;;/t20?,22-,25?;;;;/m0..../s1. The highest BCUT2D eigenvalue weighted by Gasteiger charge is 2.22. The molecule has 1 aromatic rings. The molecule has 0 bridgehead atoms. The lowest BCUT2D eigenvalue weighted by molar-refractivity contribution is -0.128. The first-order chi connectivity index (χ1) is 25.3. The fourth-order valence-corrected chi connectivity index (χ4v) is 3.92. The monoisotopic (exact) mass is 741 g/mol. The van der Waals surface area contributed by atoms with Gasteiger partial charge in [-0.05, 0) is 75.5 Å². The van der Waals surface area contributed by atoms with Crippen LogP contribution in [0.1, 0.15) is 94.1 Å². The number of amides is 2. The SMILES string of the molecule is C=C/C=C\NC(C)=NCC1NC(=O)CNC(=C)CN[C@@H](C)COC(/C=C\C)=C(/C=C)CC(C)CNC1=O.CC.CCC.CCC.Cc1cccc(F)c1. The van der Waals surface area contributed by atoms with E-state index in [1.54, 1.807) is 37.4 Å². The van der Waals surface area contributed by atoms with Gasteiger partial charge in [0.2, 0.25) is 11.8 Å². The molecule has 1 aliphatic heterocycles. The second-order valence-corrected chi connectivity index (χ2v) is 12.2. The van der Waals surface area contributed by atoms with Gasteiger partial charge in [-0.25, -0.2) is 4.39 Å². The third-order valence-corrected chi connectivity index (χ3v) is 6.39. The summed E-state index contributed by atoms with van der Waals surface area (Å²) in [4.78, 5) is 30.0. The van der Waals surface area contributed by atoms with Crippen LogP contribution in [-0.4, -0.2) is 62.5 Å².